The molecule has 0 amide bonds. The number of aromatic nitrogens is 2. The topological polar surface area (TPSA) is 43.0 Å². The molecule has 4 heteroatoms. The van der Waals surface area contributed by atoms with E-state index in [1.54, 1.807) is 6.26 Å². The molecule has 0 aliphatic carbocycles. The van der Waals surface area contributed by atoms with Crippen LogP contribution in [0, 0.1) is 0 Å². The number of hydrogen-bond donors (Lipinski definition) is 1. The first kappa shape index (κ1) is 13.9. The zero-order valence-electron chi connectivity index (χ0n) is 12.0. The highest BCUT2D eigenvalue weighted by atomic mass is 16.3. The molecule has 2 aromatic heterocycles. The van der Waals surface area contributed by atoms with Gasteiger partial charge in [0, 0.05) is 36.8 Å². The summed E-state index contributed by atoms with van der Waals surface area (Å²) in [4.78, 5) is 0. The Labute approximate surface area is 114 Å². The van der Waals surface area contributed by atoms with Crippen LogP contribution < -0.4 is 5.32 Å². The number of furan rings is 1. The van der Waals surface area contributed by atoms with Gasteiger partial charge in [0.1, 0.15) is 5.76 Å². The van der Waals surface area contributed by atoms with Gasteiger partial charge in [-0.1, -0.05) is 0 Å². The molecule has 2 aromatic rings. The summed E-state index contributed by atoms with van der Waals surface area (Å²) in [6, 6.07) is 4.74. The van der Waals surface area contributed by atoms with Gasteiger partial charge in [0.05, 0.1) is 12.5 Å². The summed E-state index contributed by atoms with van der Waals surface area (Å²) >= 11 is 0. The molecule has 0 spiro atoms. The monoisotopic (exact) mass is 261 g/mol. The quantitative estimate of drug-likeness (QED) is 0.832. The Balaban J connectivity index is 1.79. The van der Waals surface area contributed by atoms with Gasteiger partial charge in [-0.2, -0.15) is 5.10 Å². The highest BCUT2D eigenvalue weighted by Gasteiger charge is 2.11. The van der Waals surface area contributed by atoms with Crippen LogP contribution in [0.5, 0.6) is 0 Å². The van der Waals surface area contributed by atoms with Crippen LogP contribution in [0.15, 0.2) is 35.2 Å². The average molecular weight is 261 g/mol. The van der Waals surface area contributed by atoms with Crippen LogP contribution in [0.3, 0.4) is 0 Å². The summed E-state index contributed by atoms with van der Waals surface area (Å²) in [5.74, 6) is 1.06. The molecule has 1 N–H and O–H groups in total. The summed E-state index contributed by atoms with van der Waals surface area (Å²) in [7, 11) is 0. The van der Waals surface area contributed by atoms with E-state index in [4.69, 9.17) is 4.42 Å². The normalized spacial score (nSPS) is 14.5. The summed E-state index contributed by atoms with van der Waals surface area (Å²) < 4.78 is 7.31. The van der Waals surface area contributed by atoms with Gasteiger partial charge in [-0.3, -0.25) is 4.68 Å². The van der Waals surface area contributed by atoms with Crippen molar-refractivity contribution in [3.63, 3.8) is 0 Å². The Morgan fingerprint density at radius 1 is 1.42 bits per heavy atom. The maximum absolute atomic E-state index is 5.35. The van der Waals surface area contributed by atoms with Gasteiger partial charge in [-0.05, 0) is 39.3 Å². The summed E-state index contributed by atoms with van der Waals surface area (Å²) in [6.07, 6.45) is 7.83. The van der Waals surface area contributed by atoms with Gasteiger partial charge in [0.15, 0.2) is 0 Å². The van der Waals surface area contributed by atoms with Crippen molar-refractivity contribution in [2.24, 2.45) is 0 Å². The van der Waals surface area contributed by atoms with Crippen LogP contribution in [0.4, 0.5) is 0 Å². The third-order valence-electron chi connectivity index (χ3n) is 3.42. The predicted molar refractivity (Wildman–Crippen MR) is 75.9 cm³/mol. The Morgan fingerprint density at radius 2 is 2.26 bits per heavy atom. The lowest BCUT2D eigenvalue weighted by atomic mass is 10.1. The van der Waals surface area contributed by atoms with Crippen LogP contribution in [-0.4, -0.2) is 15.8 Å². The zero-order valence-corrected chi connectivity index (χ0v) is 12.0. The summed E-state index contributed by atoms with van der Waals surface area (Å²) in [6.45, 7) is 7.41. The lowest BCUT2D eigenvalue weighted by molar-refractivity contribution is 0.430. The van der Waals surface area contributed by atoms with Crippen LogP contribution in [0.25, 0.3) is 0 Å². The van der Waals surface area contributed by atoms with Crippen molar-refractivity contribution in [1.82, 2.24) is 15.1 Å². The maximum Gasteiger partial charge on any atom is 0.103 e. The second kappa shape index (κ2) is 6.57. The van der Waals surface area contributed by atoms with Crippen LogP contribution >= 0.6 is 0 Å². The second-order valence-electron chi connectivity index (χ2n) is 5.04. The second-order valence-corrected chi connectivity index (χ2v) is 5.04. The first-order chi connectivity index (χ1) is 9.19. The van der Waals surface area contributed by atoms with E-state index in [-0.39, 0.29) is 0 Å². The molecule has 0 radical (unpaired) electrons. The van der Waals surface area contributed by atoms with E-state index in [1.807, 2.05) is 23.0 Å². The molecule has 19 heavy (non-hydrogen) atoms. The van der Waals surface area contributed by atoms with Gasteiger partial charge in [-0.15, -0.1) is 0 Å². The Morgan fingerprint density at radius 3 is 2.89 bits per heavy atom. The molecule has 0 aliphatic rings. The van der Waals surface area contributed by atoms with Gasteiger partial charge < -0.3 is 9.73 Å². The average Bonchev–Trinajstić information content (AvgIpc) is 3.07. The molecule has 0 fully saturated rings. The predicted octanol–water partition coefficient (Wildman–Crippen LogP) is 3.17. The first-order valence-corrected chi connectivity index (χ1v) is 6.99. The minimum Gasteiger partial charge on any atom is -0.469 e. The minimum atomic E-state index is 0.326. The van der Waals surface area contributed by atoms with E-state index in [0.717, 1.165) is 25.1 Å². The molecular formula is C15H23N3O. The molecule has 0 saturated heterocycles. The molecule has 2 atom stereocenters. The molecule has 0 bridgehead atoms. The molecular weight excluding hydrogens is 238 g/mol. The van der Waals surface area contributed by atoms with Gasteiger partial charge in [0.2, 0.25) is 0 Å². The highest BCUT2D eigenvalue weighted by molar-refractivity contribution is 5.09. The molecule has 2 rings (SSSR count). The molecule has 0 aromatic carbocycles. The van der Waals surface area contributed by atoms with Gasteiger partial charge in [0.25, 0.3) is 0 Å². The Hall–Kier alpha value is -1.55. The largest absolute Gasteiger partial charge is 0.469 e. The molecule has 0 saturated carbocycles. The van der Waals surface area contributed by atoms with Crippen molar-refractivity contribution in [3.05, 3.63) is 42.1 Å². The number of hydrogen-bond acceptors (Lipinski definition) is 3. The smallest absolute Gasteiger partial charge is 0.103 e. The lowest BCUT2D eigenvalue weighted by Gasteiger charge is -2.18. The first-order valence-electron chi connectivity index (χ1n) is 6.99. The third kappa shape index (κ3) is 3.96. The molecule has 0 aliphatic heterocycles. The van der Waals surface area contributed by atoms with Crippen molar-refractivity contribution in [2.75, 3.05) is 0 Å². The van der Waals surface area contributed by atoms with E-state index in [1.165, 1.54) is 5.56 Å². The molecule has 2 unspecified atom stereocenters. The van der Waals surface area contributed by atoms with Crippen molar-refractivity contribution in [1.29, 1.82) is 0 Å². The molecule has 2 heterocycles. The zero-order chi connectivity index (χ0) is 13.7. The van der Waals surface area contributed by atoms with Crippen LogP contribution in [0.1, 0.15) is 44.6 Å². The van der Waals surface area contributed by atoms with E-state index < -0.39 is 0 Å². The minimum absolute atomic E-state index is 0.326. The number of rotatable bonds is 7. The summed E-state index contributed by atoms with van der Waals surface area (Å²) in [5.41, 5.74) is 1.24. The van der Waals surface area contributed by atoms with Crippen LogP contribution in [-0.2, 0) is 13.0 Å². The fourth-order valence-corrected chi connectivity index (χ4v) is 2.20. The van der Waals surface area contributed by atoms with Gasteiger partial charge in [-0.25, -0.2) is 0 Å². The van der Waals surface area contributed by atoms with Gasteiger partial charge >= 0.3 is 0 Å². The maximum atomic E-state index is 5.35. The van der Waals surface area contributed by atoms with Crippen molar-refractivity contribution in [2.45, 2.75) is 52.2 Å². The number of nitrogens with zero attached hydrogens (tertiary/aromatic N) is 2. The molecule has 4 nitrogen and oxygen atoms in total. The van der Waals surface area contributed by atoms with Crippen LogP contribution in [0.2, 0.25) is 0 Å². The Kier molecular flexibility index (Phi) is 4.80. The Bertz CT molecular complexity index is 475. The third-order valence-corrected chi connectivity index (χ3v) is 3.42. The fourth-order valence-electron chi connectivity index (χ4n) is 2.20. The van der Waals surface area contributed by atoms with E-state index in [9.17, 15) is 0 Å². The molecule has 104 valence electrons. The van der Waals surface area contributed by atoms with E-state index >= 15 is 0 Å². The SMILES string of the molecule is CCn1cc(C(C)NC(C)CCc2ccco2)cn1. The van der Waals surface area contributed by atoms with E-state index in [0.29, 0.717) is 12.1 Å². The number of nitrogens with one attached hydrogen (secondary N) is 1. The van der Waals surface area contributed by atoms with Crippen molar-refractivity contribution in [3.8, 4) is 0 Å². The van der Waals surface area contributed by atoms with Crippen molar-refractivity contribution < 1.29 is 4.42 Å². The fraction of sp³-hybridized carbons (Fsp3) is 0.533. The summed E-state index contributed by atoms with van der Waals surface area (Å²) in [5, 5.41) is 7.91. The lowest BCUT2D eigenvalue weighted by Crippen LogP contribution is -2.29. The standard InChI is InChI=1S/C15H23N3O/c1-4-18-11-14(10-16-18)13(3)17-12(2)7-8-15-6-5-9-19-15/h5-6,9-13,17H,4,7-8H2,1-3H3. The van der Waals surface area contributed by atoms with Crippen molar-refractivity contribution >= 4 is 0 Å². The van der Waals surface area contributed by atoms with E-state index in [2.05, 4.69) is 37.4 Å². The number of aryl methyl sites for hydroxylation is 2. The highest BCUT2D eigenvalue weighted by Crippen LogP contribution is 2.13.